The minimum Gasteiger partial charge on any atom is -0.379 e. The molecule has 2 aliphatic rings. The molecule has 2 aliphatic heterocycles. The highest BCUT2D eigenvalue weighted by atomic mass is 32.2. The van der Waals surface area contributed by atoms with Gasteiger partial charge < -0.3 is 15.4 Å². The first-order valence-corrected chi connectivity index (χ1v) is 9.71. The summed E-state index contributed by atoms with van der Waals surface area (Å²) < 4.78 is 32.1. The van der Waals surface area contributed by atoms with Gasteiger partial charge >= 0.3 is 0 Å². The molecule has 8 heteroatoms. The van der Waals surface area contributed by atoms with Crippen molar-refractivity contribution in [3.8, 4) is 0 Å². The van der Waals surface area contributed by atoms with Crippen LogP contribution in [0, 0.1) is 0 Å². The molecule has 0 saturated carbocycles. The number of carbonyl (C=O) groups is 1. The summed E-state index contributed by atoms with van der Waals surface area (Å²) in [5.74, 6) is -0.602. The number of primary amides is 1. The Kier molecular flexibility index (Phi) is 5.07. The Labute approximate surface area is 142 Å². The summed E-state index contributed by atoms with van der Waals surface area (Å²) in [4.78, 5) is 14.1. The van der Waals surface area contributed by atoms with E-state index >= 15 is 0 Å². The van der Waals surface area contributed by atoms with Crippen LogP contribution in [-0.2, 0) is 14.8 Å². The van der Waals surface area contributed by atoms with Crippen LogP contribution in [-0.4, -0.2) is 58.0 Å². The topological polar surface area (TPSA) is 92.9 Å². The van der Waals surface area contributed by atoms with Crippen LogP contribution in [0.1, 0.15) is 29.6 Å². The summed E-state index contributed by atoms with van der Waals surface area (Å²) in [6.45, 7) is 3.12. The zero-order chi connectivity index (χ0) is 17.2. The van der Waals surface area contributed by atoms with E-state index in [9.17, 15) is 13.2 Å². The largest absolute Gasteiger partial charge is 0.379 e. The monoisotopic (exact) mass is 353 g/mol. The maximum absolute atomic E-state index is 12.8. The average Bonchev–Trinajstić information content (AvgIpc) is 2.62. The molecule has 7 nitrogen and oxygen atoms in total. The predicted molar refractivity (Wildman–Crippen MR) is 90.6 cm³/mol. The van der Waals surface area contributed by atoms with Crippen molar-refractivity contribution in [2.45, 2.75) is 24.2 Å². The molecule has 0 radical (unpaired) electrons. The molecule has 0 aliphatic carbocycles. The van der Waals surface area contributed by atoms with E-state index in [1.165, 1.54) is 16.8 Å². The number of carbonyl (C=O) groups excluding carboxylic acids is 1. The average molecular weight is 353 g/mol. The molecule has 1 aromatic carbocycles. The highest BCUT2D eigenvalue weighted by Gasteiger charge is 2.28. The van der Waals surface area contributed by atoms with Gasteiger partial charge in [0.2, 0.25) is 10.0 Å². The number of benzene rings is 1. The van der Waals surface area contributed by atoms with Gasteiger partial charge in [-0.15, -0.1) is 0 Å². The van der Waals surface area contributed by atoms with Crippen molar-refractivity contribution < 1.29 is 17.9 Å². The van der Waals surface area contributed by atoms with Crippen LogP contribution in [0.25, 0.3) is 0 Å². The van der Waals surface area contributed by atoms with Gasteiger partial charge in [-0.25, -0.2) is 8.42 Å². The van der Waals surface area contributed by atoms with Crippen molar-refractivity contribution in [2.75, 3.05) is 44.3 Å². The zero-order valence-corrected chi connectivity index (χ0v) is 14.4. The third-order valence-corrected chi connectivity index (χ3v) is 6.43. The molecule has 2 N–H and O–H groups in total. The maximum Gasteiger partial charge on any atom is 0.250 e. The number of piperidine rings is 1. The van der Waals surface area contributed by atoms with Crippen molar-refractivity contribution in [1.82, 2.24) is 4.31 Å². The van der Waals surface area contributed by atoms with Crippen LogP contribution < -0.4 is 10.6 Å². The molecule has 0 aromatic heterocycles. The quantitative estimate of drug-likeness (QED) is 0.864. The molecule has 1 amide bonds. The Bertz CT molecular complexity index is 708. The van der Waals surface area contributed by atoms with E-state index in [1.807, 2.05) is 0 Å². The Hall–Kier alpha value is -1.64. The number of amides is 1. The molecule has 3 rings (SSSR count). The second-order valence-corrected chi connectivity index (χ2v) is 8.05. The minimum atomic E-state index is -3.64. The number of nitrogens with two attached hydrogens (primary N) is 1. The molecule has 2 saturated heterocycles. The lowest BCUT2D eigenvalue weighted by atomic mass is 10.1. The fourth-order valence-electron chi connectivity index (χ4n) is 3.22. The van der Waals surface area contributed by atoms with Gasteiger partial charge in [-0.2, -0.15) is 4.31 Å². The third kappa shape index (κ3) is 3.40. The highest BCUT2D eigenvalue weighted by Crippen LogP contribution is 2.28. The maximum atomic E-state index is 12.8. The Morgan fingerprint density at radius 3 is 2.33 bits per heavy atom. The highest BCUT2D eigenvalue weighted by molar-refractivity contribution is 7.89. The zero-order valence-electron chi connectivity index (χ0n) is 13.6. The molecule has 24 heavy (non-hydrogen) atoms. The second kappa shape index (κ2) is 7.08. The van der Waals surface area contributed by atoms with Crippen molar-refractivity contribution in [2.24, 2.45) is 5.73 Å². The molecular weight excluding hydrogens is 330 g/mol. The Balaban J connectivity index is 1.95. The van der Waals surface area contributed by atoms with Gasteiger partial charge in [0.25, 0.3) is 5.91 Å². The van der Waals surface area contributed by atoms with Crippen LogP contribution in [0.3, 0.4) is 0 Å². The number of hydrogen-bond acceptors (Lipinski definition) is 5. The van der Waals surface area contributed by atoms with Crippen LogP contribution in [0.2, 0.25) is 0 Å². The molecule has 0 atom stereocenters. The number of morpholine rings is 1. The third-order valence-electron chi connectivity index (χ3n) is 4.54. The Morgan fingerprint density at radius 2 is 1.71 bits per heavy atom. The lowest BCUT2D eigenvalue weighted by Crippen LogP contribution is -2.40. The predicted octanol–water partition coefficient (Wildman–Crippen LogP) is 0.797. The van der Waals surface area contributed by atoms with Crippen LogP contribution in [0.4, 0.5) is 5.69 Å². The molecule has 0 spiro atoms. The van der Waals surface area contributed by atoms with Gasteiger partial charge in [0.05, 0.1) is 23.7 Å². The van der Waals surface area contributed by atoms with Crippen molar-refractivity contribution in [3.63, 3.8) is 0 Å². The minimum absolute atomic E-state index is 0.110. The SMILES string of the molecule is NC(=O)c1cc(S(=O)(=O)N2CCOCC2)ccc1N1CCCCC1. The second-order valence-electron chi connectivity index (χ2n) is 6.11. The van der Waals surface area contributed by atoms with Crippen LogP contribution >= 0.6 is 0 Å². The lowest BCUT2D eigenvalue weighted by Gasteiger charge is -2.31. The number of ether oxygens (including phenoxy) is 1. The molecule has 2 fully saturated rings. The van der Waals surface area contributed by atoms with Crippen LogP contribution in [0.5, 0.6) is 0 Å². The fraction of sp³-hybridized carbons (Fsp3) is 0.562. The molecule has 1 aromatic rings. The molecular formula is C16H23N3O4S. The van der Waals surface area contributed by atoms with Gasteiger partial charge in [-0.3, -0.25) is 4.79 Å². The number of hydrogen-bond donors (Lipinski definition) is 1. The number of rotatable bonds is 4. The summed E-state index contributed by atoms with van der Waals surface area (Å²) in [6.07, 6.45) is 3.30. The van der Waals surface area contributed by atoms with E-state index < -0.39 is 15.9 Å². The first kappa shape index (κ1) is 17.2. The number of anilines is 1. The Morgan fingerprint density at radius 1 is 1.04 bits per heavy atom. The molecule has 0 bridgehead atoms. The lowest BCUT2D eigenvalue weighted by molar-refractivity contribution is 0.0730. The van der Waals surface area contributed by atoms with Gasteiger partial charge in [0, 0.05) is 31.9 Å². The van der Waals surface area contributed by atoms with E-state index in [1.54, 1.807) is 12.1 Å². The summed E-state index contributed by atoms with van der Waals surface area (Å²) in [7, 11) is -3.64. The van der Waals surface area contributed by atoms with Crippen LogP contribution in [0.15, 0.2) is 23.1 Å². The van der Waals surface area contributed by atoms with E-state index in [0.29, 0.717) is 26.3 Å². The van der Waals surface area contributed by atoms with E-state index in [0.717, 1.165) is 31.6 Å². The van der Waals surface area contributed by atoms with Gasteiger partial charge in [0.1, 0.15) is 0 Å². The normalized spacial score (nSPS) is 20.1. The van der Waals surface area contributed by atoms with Gasteiger partial charge in [0.15, 0.2) is 0 Å². The summed E-state index contributed by atoms with van der Waals surface area (Å²) >= 11 is 0. The number of nitrogens with zero attached hydrogens (tertiary/aromatic N) is 2. The standard InChI is InChI=1S/C16H23N3O4S/c17-16(20)14-12-13(24(21,22)19-8-10-23-11-9-19)4-5-15(14)18-6-2-1-3-7-18/h4-5,12H,1-3,6-11H2,(H2,17,20). The summed E-state index contributed by atoms with van der Waals surface area (Å²) in [5, 5.41) is 0. The van der Waals surface area contributed by atoms with Gasteiger partial charge in [-0.1, -0.05) is 0 Å². The van der Waals surface area contributed by atoms with Crippen molar-refractivity contribution in [1.29, 1.82) is 0 Å². The molecule has 132 valence electrons. The summed E-state index contributed by atoms with van der Waals surface area (Å²) in [5.41, 5.74) is 6.51. The summed E-state index contributed by atoms with van der Waals surface area (Å²) in [6, 6.07) is 4.69. The molecule has 0 unspecified atom stereocenters. The van der Waals surface area contributed by atoms with Crippen molar-refractivity contribution in [3.05, 3.63) is 23.8 Å². The van der Waals surface area contributed by atoms with Crippen molar-refractivity contribution >= 4 is 21.6 Å². The van der Waals surface area contributed by atoms with E-state index in [2.05, 4.69) is 4.90 Å². The first-order chi connectivity index (χ1) is 11.5. The number of sulfonamides is 1. The fourth-order valence-corrected chi connectivity index (χ4v) is 4.65. The smallest absolute Gasteiger partial charge is 0.250 e. The van der Waals surface area contributed by atoms with E-state index in [4.69, 9.17) is 10.5 Å². The van der Waals surface area contributed by atoms with Gasteiger partial charge in [-0.05, 0) is 37.5 Å². The first-order valence-electron chi connectivity index (χ1n) is 8.27. The van der Waals surface area contributed by atoms with E-state index in [-0.39, 0.29) is 10.5 Å². The molecule has 2 heterocycles.